The molecule has 0 aromatic heterocycles. The number of rotatable bonds is 7. The van der Waals surface area contributed by atoms with Crippen molar-refractivity contribution >= 4 is 34.2 Å². The lowest BCUT2D eigenvalue weighted by atomic mass is 9.36. The Morgan fingerprint density at radius 3 is 2.27 bits per heavy atom. The van der Waals surface area contributed by atoms with Crippen LogP contribution in [0.5, 0.6) is 0 Å². The van der Waals surface area contributed by atoms with Gasteiger partial charge >= 0.3 is 5.97 Å². The molecule has 0 heterocycles. The minimum atomic E-state index is -0.975. The van der Waals surface area contributed by atoms with E-state index in [2.05, 4.69) is 51.8 Å². The van der Waals surface area contributed by atoms with Gasteiger partial charge in [-0.15, -0.1) is 0 Å². The van der Waals surface area contributed by atoms with Crippen molar-refractivity contribution in [3.8, 4) is 0 Å². The maximum atomic E-state index is 14.7. The van der Waals surface area contributed by atoms with Gasteiger partial charge in [-0.1, -0.05) is 64.1 Å². The van der Waals surface area contributed by atoms with Crippen LogP contribution >= 0.6 is 0 Å². The first-order valence-electron chi connectivity index (χ1n) is 20.9. The summed E-state index contributed by atoms with van der Waals surface area (Å²) in [7, 11) is 0. The normalized spacial score (nSPS) is 36.1. The minimum Gasteiger partial charge on any atom is -0.478 e. The molecule has 5 aliphatic carbocycles. The van der Waals surface area contributed by atoms with Gasteiger partial charge in [0, 0.05) is 17.8 Å². The Hall–Kier alpha value is -3.97. The Bertz CT molecular complexity index is 2050. The highest BCUT2D eigenvalue weighted by Gasteiger charge is 2.68. The number of carboxylic acid groups (broad SMARTS) is 1. The standard InChI is InChI=1S/C48H60N2O5/c1-28(2)35-16-22-48(23-17-37-36(41(35)48)14-15-39-46(37,5)20-18-38-45(3,4)40(51)19-21-47(38,39)6)44(55)49-27-29-8-7-9-32(24-29)42(52)50-34-13-12-30-25-33(43(53)54)11-10-31(30)26-34/h7-13,24-26,35-41,51H,1,14-23,27H2,2-6H3,(H,49,55)(H,50,52)(H,53,54). The zero-order chi connectivity index (χ0) is 39.1. The molecule has 55 heavy (non-hydrogen) atoms. The van der Waals surface area contributed by atoms with Crippen molar-refractivity contribution in [1.29, 1.82) is 0 Å². The molecule has 3 aromatic carbocycles. The molecule has 0 spiro atoms. The average molecular weight is 745 g/mol. The van der Waals surface area contributed by atoms with E-state index in [-0.39, 0.29) is 39.7 Å². The third kappa shape index (κ3) is 6.06. The van der Waals surface area contributed by atoms with E-state index < -0.39 is 11.4 Å². The van der Waals surface area contributed by atoms with E-state index in [1.807, 2.05) is 30.3 Å². The van der Waals surface area contributed by atoms with Crippen LogP contribution in [0.2, 0.25) is 0 Å². The average Bonchev–Trinajstić information content (AvgIpc) is 3.57. The van der Waals surface area contributed by atoms with Crippen molar-refractivity contribution in [3.63, 3.8) is 0 Å². The second kappa shape index (κ2) is 13.6. The van der Waals surface area contributed by atoms with Gasteiger partial charge in [0.05, 0.1) is 17.1 Å². The van der Waals surface area contributed by atoms with Crippen LogP contribution in [0.3, 0.4) is 0 Å². The number of amides is 2. The lowest BCUT2D eigenvalue weighted by Crippen LogP contribution is -2.64. The first-order chi connectivity index (χ1) is 26.1. The van der Waals surface area contributed by atoms with Crippen LogP contribution in [0.15, 0.2) is 72.8 Å². The van der Waals surface area contributed by atoms with Gasteiger partial charge in [-0.05, 0) is 176 Å². The molecule has 5 saturated carbocycles. The number of carbonyl (C=O) groups is 3. The molecule has 0 aliphatic heterocycles. The number of hydrogen-bond acceptors (Lipinski definition) is 4. The van der Waals surface area contributed by atoms with E-state index in [1.165, 1.54) is 31.3 Å². The van der Waals surface area contributed by atoms with E-state index in [0.717, 1.165) is 54.9 Å². The third-order valence-corrected chi connectivity index (χ3v) is 16.6. The van der Waals surface area contributed by atoms with Gasteiger partial charge in [-0.3, -0.25) is 9.59 Å². The van der Waals surface area contributed by atoms with E-state index in [1.54, 1.807) is 30.3 Å². The molecular formula is C48H60N2O5. The Labute approximate surface area is 326 Å². The molecule has 5 fully saturated rings. The van der Waals surface area contributed by atoms with Crippen molar-refractivity contribution in [2.45, 2.75) is 111 Å². The highest BCUT2D eigenvalue weighted by molar-refractivity contribution is 6.05. The van der Waals surface area contributed by atoms with Gasteiger partial charge < -0.3 is 20.8 Å². The second-order valence-electron chi connectivity index (χ2n) is 19.5. The fourth-order valence-electron chi connectivity index (χ4n) is 14.0. The molecule has 7 nitrogen and oxygen atoms in total. The summed E-state index contributed by atoms with van der Waals surface area (Å²) in [5.74, 6) is 1.91. The molecule has 10 unspecified atom stereocenters. The SMILES string of the molecule is C=C(C)C1CCC2(C(=O)NCc3cccc(C(=O)Nc4ccc5cc(C(=O)O)ccc5c4)c3)CCC3C(CCC4C3(C)CCC3C(C)(C)C(O)CCC34C)C12. The molecular weight excluding hydrogens is 685 g/mol. The highest BCUT2D eigenvalue weighted by atomic mass is 16.4. The molecule has 8 rings (SSSR count). The van der Waals surface area contributed by atoms with Crippen molar-refractivity contribution in [3.05, 3.63) is 89.5 Å². The quantitative estimate of drug-likeness (QED) is 0.180. The lowest BCUT2D eigenvalue weighted by molar-refractivity contribution is -0.216. The predicted octanol–water partition coefficient (Wildman–Crippen LogP) is 10.0. The van der Waals surface area contributed by atoms with Crippen molar-refractivity contribution in [2.24, 2.45) is 57.2 Å². The van der Waals surface area contributed by atoms with Gasteiger partial charge in [-0.2, -0.15) is 0 Å². The molecule has 7 heteroatoms. The summed E-state index contributed by atoms with van der Waals surface area (Å²) in [6.07, 6.45) is 10.6. The number of aromatic carboxylic acids is 1. The summed E-state index contributed by atoms with van der Waals surface area (Å²) < 4.78 is 0. The first kappa shape index (κ1) is 37.9. The van der Waals surface area contributed by atoms with Gasteiger partial charge in [0.25, 0.3) is 5.91 Å². The molecule has 0 saturated heterocycles. The number of fused-ring (bicyclic) bond motifs is 8. The Balaban J connectivity index is 0.978. The first-order valence-corrected chi connectivity index (χ1v) is 20.9. The summed E-state index contributed by atoms with van der Waals surface area (Å²) in [5, 5.41) is 28.4. The maximum Gasteiger partial charge on any atom is 0.335 e. The van der Waals surface area contributed by atoms with E-state index in [9.17, 15) is 24.6 Å². The number of aliphatic hydroxyl groups excluding tert-OH is 1. The summed E-state index contributed by atoms with van der Waals surface area (Å²) in [5.41, 5.74) is 3.49. The summed E-state index contributed by atoms with van der Waals surface area (Å²) in [6, 6.07) is 17.8. The monoisotopic (exact) mass is 744 g/mol. The molecule has 3 aromatic rings. The highest BCUT2D eigenvalue weighted by Crippen LogP contribution is 2.73. The zero-order valence-corrected chi connectivity index (χ0v) is 33.4. The zero-order valence-electron chi connectivity index (χ0n) is 33.4. The summed E-state index contributed by atoms with van der Waals surface area (Å²) in [6.45, 7) is 16.9. The fraction of sp³-hybridized carbons (Fsp3) is 0.562. The Kier molecular flexibility index (Phi) is 9.38. The van der Waals surface area contributed by atoms with Gasteiger partial charge in [0.1, 0.15) is 0 Å². The van der Waals surface area contributed by atoms with Gasteiger partial charge in [0.2, 0.25) is 5.91 Å². The molecule has 10 atom stereocenters. The Morgan fingerprint density at radius 1 is 0.782 bits per heavy atom. The van der Waals surface area contributed by atoms with E-state index in [4.69, 9.17) is 0 Å². The largest absolute Gasteiger partial charge is 0.478 e. The molecule has 292 valence electrons. The molecule has 0 bridgehead atoms. The van der Waals surface area contributed by atoms with Crippen LogP contribution in [-0.4, -0.2) is 34.1 Å². The number of aliphatic hydroxyl groups is 1. The molecule has 2 amide bonds. The second-order valence-corrected chi connectivity index (χ2v) is 19.5. The fourth-order valence-corrected chi connectivity index (χ4v) is 14.0. The van der Waals surface area contributed by atoms with Gasteiger partial charge in [-0.25, -0.2) is 4.79 Å². The van der Waals surface area contributed by atoms with Crippen LogP contribution in [0.25, 0.3) is 10.8 Å². The molecule has 4 N–H and O–H groups in total. The number of nitrogens with one attached hydrogen (secondary N) is 2. The van der Waals surface area contributed by atoms with Crippen molar-refractivity contribution in [1.82, 2.24) is 5.32 Å². The lowest BCUT2D eigenvalue weighted by Gasteiger charge is -2.69. The van der Waals surface area contributed by atoms with E-state index >= 15 is 0 Å². The Morgan fingerprint density at radius 2 is 1.51 bits per heavy atom. The number of carbonyl (C=O) groups excluding carboxylic acids is 2. The smallest absolute Gasteiger partial charge is 0.335 e. The third-order valence-electron chi connectivity index (χ3n) is 16.6. The predicted molar refractivity (Wildman–Crippen MR) is 218 cm³/mol. The molecule has 5 aliphatic rings. The van der Waals surface area contributed by atoms with Crippen LogP contribution < -0.4 is 10.6 Å². The van der Waals surface area contributed by atoms with Crippen LogP contribution in [0.4, 0.5) is 5.69 Å². The molecule has 0 radical (unpaired) electrons. The van der Waals surface area contributed by atoms with E-state index in [0.29, 0.717) is 53.3 Å². The van der Waals surface area contributed by atoms with Crippen LogP contribution in [0.1, 0.15) is 125 Å². The van der Waals surface area contributed by atoms with Crippen LogP contribution in [0, 0.1) is 57.2 Å². The summed E-state index contributed by atoms with van der Waals surface area (Å²) >= 11 is 0. The topological polar surface area (TPSA) is 116 Å². The van der Waals surface area contributed by atoms with Gasteiger partial charge in [0.15, 0.2) is 0 Å². The van der Waals surface area contributed by atoms with Crippen LogP contribution in [-0.2, 0) is 11.3 Å². The number of hydrogen-bond donors (Lipinski definition) is 4. The minimum absolute atomic E-state index is 0.0565. The number of anilines is 1. The summed E-state index contributed by atoms with van der Waals surface area (Å²) in [4.78, 5) is 39.4. The van der Waals surface area contributed by atoms with Crippen molar-refractivity contribution < 1.29 is 24.6 Å². The maximum absolute atomic E-state index is 14.7. The van der Waals surface area contributed by atoms with Crippen molar-refractivity contribution in [2.75, 3.05) is 5.32 Å². The number of benzene rings is 3. The number of allylic oxidation sites excluding steroid dienone is 1. The number of carboxylic acids is 1.